The van der Waals surface area contributed by atoms with Crippen LogP contribution in [0.4, 0.5) is 0 Å². The number of carbonyl (C=O) groups is 1. The van der Waals surface area contributed by atoms with Crippen molar-refractivity contribution in [2.24, 2.45) is 0 Å². The van der Waals surface area contributed by atoms with Crippen LogP contribution in [0.3, 0.4) is 0 Å². The third-order valence-corrected chi connectivity index (χ3v) is 4.65. The van der Waals surface area contributed by atoms with E-state index in [-0.39, 0.29) is 0 Å². The molecule has 0 saturated carbocycles. The van der Waals surface area contributed by atoms with Crippen LogP contribution in [0.25, 0.3) is 0 Å². The van der Waals surface area contributed by atoms with Gasteiger partial charge in [0.25, 0.3) is 0 Å². The van der Waals surface area contributed by atoms with Crippen molar-refractivity contribution in [1.29, 1.82) is 0 Å². The van der Waals surface area contributed by atoms with Gasteiger partial charge in [-0.15, -0.1) is 0 Å². The minimum Gasteiger partial charge on any atom is -0.379 e. The summed E-state index contributed by atoms with van der Waals surface area (Å²) in [6.07, 6.45) is 1.12. The van der Waals surface area contributed by atoms with Crippen LogP contribution in [0.15, 0.2) is 0 Å². The van der Waals surface area contributed by atoms with Gasteiger partial charge in [0.1, 0.15) is 0 Å². The summed E-state index contributed by atoms with van der Waals surface area (Å²) in [7, 11) is 0. The lowest BCUT2D eigenvalue weighted by Crippen LogP contribution is -2.49. The molecule has 0 bridgehead atoms. The standard InChI is InChI=1S/C14H26N4O2/c19-14(12-16-5-2-15-3-6-16)18-4-1-13(11-18)17-7-9-20-10-8-17/h13,15H,1-12H2. The zero-order valence-corrected chi connectivity index (χ0v) is 12.2. The molecule has 1 amide bonds. The zero-order chi connectivity index (χ0) is 13.8. The lowest BCUT2D eigenvalue weighted by molar-refractivity contribution is -0.131. The van der Waals surface area contributed by atoms with Crippen molar-refractivity contribution in [2.45, 2.75) is 12.5 Å². The molecule has 3 aliphatic rings. The number of hydrogen-bond donors (Lipinski definition) is 1. The monoisotopic (exact) mass is 282 g/mol. The first-order valence-electron chi connectivity index (χ1n) is 7.85. The summed E-state index contributed by atoms with van der Waals surface area (Å²) >= 11 is 0. The molecule has 6 nitrogen and oxygen atoms in total. The van der Waals surface area contributed by atoms with Gasteiger partial charge in [0, 0.05) is 58.4 Å². The molecule has 0 aromatic rings. The van der Waals surface area contributed by atoms with E-state index in [1.807, 2.05) is 0 Å². The second-order valence-corrected chi connectivity index (χ2v) is 5.96. The molecule has 3 fully saturated rings. The van der Waals surface area contributed by atoms with Gasteiger partial charge in [0.2, 0.25) is 5.91 Å². The molecule has 3 saturated heterocycles. The number of carbonyl (C=O) groups excluding carboxylic acids is 1. The van der Waals surface area contributed by atoms with Crippen molar-refractivity contribution in [3.05, 3.63) is 0 Å². The topological polar surface area (TPSA) is 48.1 Å². The molecule has 1 unspecified atom stereocenters. The number of hydrogen-bond acceptors (Lipinski definition) is 5. The SMILES string of the molecule is O=C(CN1CCNCC1)N1CCC(N2CCOCC2)C1. The predicted molar refractivity (Wildman–Crippen MR) is 76.7 cm³/mol. The van der Waals surface area contributed by atoms with Crippen LogP contribution in [0.1, 0.15) is 6.42 Å². The van der Waals surface area contributed by atoms with Gasteiger partial charge in [-0.2, -0.15) is 0 Å². The van der Waals surface area contributed by atoms with Gasteiger partial charge >= 0.3 is 0 Å². The summed E-state index contributed by atoms with van der Waals surface area (Å²) in [5.41, 5.74) is 0. The maximum atomic E-state index is 12.4. The van der Waals surface area contributed by atoms with Crippen molar-refractivity contribution >= 4 is 5.91 Å². The van der Waals surface area contributed by atoms with Crippen molar-refractivity contribution in [3.8, 4) is 0 Å². The quantitative estimate of drug-likeness (QED) is 0.706. The highest BCUT2D eigenvalue weighted by Crippen LogP contribution is 2.17. The Morgan fingerprint density at radius 3 is 2.60 bits per heavy atom. The Bertz CT molecular complexity index is 327. The van der Waals surface area contributed by atoms with Gasteiger partial charge in [-0.1, -0.05) is 0 Å². The zero-order valence-electron chi connectivity index (χ0n) is 12.2. The second-order valence-electron chi connectivity index (χ2n) is 5.96. The first kappa shape index (κ1) is 14.3. The summed E-state index contributed by atoms with van der Waals surface area (Å²) in [6.45, 7) is 10.1. The highest BCUT2D eigenvalue weighted by atomic mass is 16.5. The number of rotatable bonds is 3. The average molecular weight is 282 g/mol. The fourth-order valence-electron chi connectivity index (χ4n) is 3.37. The van der Waals surface area contributed by atoms with Crippen molar-refractivity contribution in [2.75, 3.05) is 72.1 Å². The normalized spacial score (nSPS) is 29.8. The Balaban J connectivity index is 1.45. The number of likely N-dealkylation sites (tertiary alicyclic amines) is 1. The van der Waals surface area contributed by atoms with Crippen molar-refractivity contribution in [1.82, 2.24) is 20.0 Å². The average Bonchev–Trinajstić information content (AvgIpc) is 2.99. The van der Waals surface area contributed by atoms with Crippen LogP contribution in [-0.2, 0) is 9.53 Å². The smallest absolute Gasteiger partial charge is 0.236 e. The molecule has 0 aliphatic carbocycles. The second kappa shape index (κ2) is 6.85. The number of nitrogens with one attached hydrogen (secondary N) is 1. The minimum atomic E-state index is 0.308. The highest BCUT2D eigenvalue weighted by Gasteiger charge is 2.31. The Hall–Kier alpha value is -0.690. The predicted octanol–water partition coefficient (Wildman–Crippen LogP) is -1.18. The molecule has 0 aromatic heterocycles. The van der Waals surface area contributed by atoms with Gasteiger partial charge in [-0.25, -0.2) is 0 Å². The lowest BCUT2D eigenvalue weighted by atomic mass is 10.2. The van der Waals surface area contributed by atoms with E-state index >= 15 is 0 Å². The van der Waals surface area contributed by atoms with Gasteiger partial charge in [-0.05, 0) is 6.42 Å². The van der Waals surface area contributed by atoms with Crippen LogP contribution in [0, 0.1) is 0 Å². The molecule has 0 spiro atoms. The third-order valence-electron chi connectivity index (χ3n) is 4.65. The number of morpholine rings is 1. The molecule has 6 heteroatoms. The van der Waals surface area contributed by atoms with Crippen LogP contribution in [0.2, 0.25) is 0 Å². The van der Waals surface area contributed by atoms with Gasteiger partial charge in [0.05, 0.1) is 19.8 Å². The molecule has 3 aliphatic heterocycles. The molecule has 0 aromatic carbocycles. The number of nitrogens with zero attached hydrogens (tertiary/aromatic N) is 3. The van der Waals surface area contributed by atoms with Crippen LogP contribution in [0.5, 0.6) is 0 Å². The molecule has 20 heavy (non-hydrogen) atoms. The first-order chi connectivity index (χ1) is 9.83. The Kier molecular flexibility index (Phi) is 4.88. The molecule has 3 heterocycles. The maximum absolute atomic E-state index is 12.4. The molecule has 1 atom stereocenters. The molecule has 1 N–H and O–H groups in total. The molecule has 3 rings (SSSR count). The fraction of sp³-hybridized carbons (Fsp3) is 0.929. The summed E-state index contributed by atoms with van der Waals surface area (Å²) in [4.78, 5) is 19.2. The fourth-order valence-corrected chi connectivity index (χ4v) is 3.37. The maximum Gasteiger partial charge on any atom is 0.236 e. The van der Waals surface area contributed by atoms with E-state index in [0.29, 0.717) is 18.5 Å². The van der Waals surface area contributed by atoms with E-state index in [9.17, 15) is 4.79 Å². The van der Waals surface area contributed by atoms with E-state index in [0.717, 1.165) is 72.0 Å². The number of amides is 1. The Labute approximate surface area is 121 Å². The third kappa shape index (κ3) is 3.49. The van der Waals surface area contributed by atoms with Crippen LogP contribution < -0.4 is 5.32 Å². The Morgan fingerprint density at radius 2 is 1.85 bits per heavy atom. The number of ether oxygens (including phenoxy) is 1. The van der Waals surface area contributed by atoms with E-state index in [1.54, 1.807) is 0 Å². The van der Waals surface area contributed by atoms with Crippen LogP contribution >= 0.6 is 0 Å². The highest BCUT2D eigenvalue weighted by molar-refractivity contribution is 5.78. The minimum absolute atomic E-state index is 0.308. The number of piperazine rings is 1. The van der Waals surface area contributed by atoms with E-state index in [1.165, 1.54) is 0 Å². The van der Waals surface area contributed by atoms with Crippen molar-refractivity contribution < 1.29 is 9.53 Å². The molecule has 0 radical (unpaired) electrons. The van der Waals surface area contributed by atoms with E-state index in [2.05, 4.69) is 20.0 Å². The Morgan fingerprint density at radius 1 is 1.10 bits per heavy atom. The first-order valence-corrected chi connectivity index (χ1v) is 7.85. The molecule has 114 valence electrons. The van der Waals surface area contributed by atoms with Crippen molar-refractivity contribution in [3.63, 3.8) is 0 Å². The van der Waals surface area contributed by atoms with E-state index in [4.69, 9.17) is 4.74 Å². The van der Waals surface area contributed by atoms with Gasteiger partial charge in [0.15, 0.2) is 0 Å². The van der Waals surface area contributed by atoms with Gasteiger partial charge < -0.3 is 15.0 Å². The molecular formula is C14H26N4O2. The summed E-state index contributed by atoms with van der Waals surface area (Å²) in [5.74, 6) is 0.308. The lowest BCUT2D eigenvalue weighted by Gasteiger charge is -2.32. The van der Waals surface area contributed by atoms with Gasteiger partial charge in [-0.3, -0.25) is 14.6 Å². The van der Waals surface area contributed by atoms with E-state index < -0.39 is 0 Å². The summed E-state index contributed by atoms with van der Waals surface area (Å²) in [6, 6.07) is 0.547. The largest absolute Gasteiger partial charge is 0.379 e. The summed E-state index contributed by atoms with van der Waals surface area (Å²) < 4.78 is 5.40. The summed E-state index contributed by atoms with van der Waals surface area (Å²) in [5, 5.41) is 3.32. The molecular weight excluding hydrogens is 256 g/mol. The van der Waals surface area contributed by atoms with Crippen LogP contribution in [-0.4, -0.2) is 98.8 Å².